The summed E-state index contributed by atoms with van der Waals surface area (Å²) < 4.78 is 0.681. The van der Waals surface area contributed by atoms with Gasteiger partial charge in [-0.25, -0.2) is 4.79 Å². The molecule has 2 N–H and O–H groups in total. The van der Waals surface area contributed by atoms with E-state index >= 15 is 0 Å². The molecular weight excluding hydrogens is 236 g/mol. The fourth-order valence-electron chi connectivity index (χ4n) is 4.00. The molecule has 3 atom stereocenters. The maximum absolute atomic E-state index is 12.3. The SMILES string of the molecule is CCCCC1CC(N)C[N+](CC2CCC2)(C(C)=O)C1. The number of quaternary nitrogens is 1. The standard InChI is InChI=1S/C16H31N2O/c1-3-4-6-15-9-16(17)12-18(11-15,13(2)19)10-14-7-5-8-14/h14-16H,3-12,17H2,1-2H3/q+1. The van der Waals surface area contributed by atoms with Gasteiger partial charge in [0.05, 0.1) is 26.1 Å². The first-order valence-corrected chi connectivity index (χ1v) is 8.18. The van der Waals surface area contributed by atoms with Crippen LogP contribution >= 0.6 is 0 Å². The zero-order valence-corrected chi connectivity index (χ0v) is 12.7. The zero-order valence-electron chi connectivity index (χ0n) is 12.7. The van der Waals surface area contributed by atoms with Crippen LogP contribution in [0.3, 0.4) is 0 Å². The Morgan fingerprint density at radius 3 is 2.53 bits per heavy atom. The van der Waals surface area contributed by atoms with Crippen molar-refractivity contribution in [2.75, 3.05) is 19.6 Å². The third kappa shape index (κ3) is 3.57. The van der Waals surface area contributed by atoms with Gasteiger partial charge in [-0.2, -0.15) is 0 Å². The summed E-state index contributed by atoms with van der Waals surface area (Å²) in [6.45, 7) is 7.03. The minimum absolute atomic E-state index is 0.222. The summed E-state index contributed by atoms with van der Waals surface area (Å²) in [6.07, 6.45) is 8.89. The van der Waals surface area contributed by atoms with Crippen molar-refractivity contribution in [3.63, 3.8) is 0 Å². The first-order valence-electron chi connectivity index (χ1n) is 8.18. The van der Waals surface area contributed by atoms with Crippen LogP contribution in [0.15, 0.2) is 0 Å². The van der Waals surface area contributed by atoms with Crippen LogP contribution in [-0.2, 0) is 4.79 Å². The molecule has 1 amide bonds. The minimum atomic E-state index is 0.222. The van der Waals surface area contributed by atoms with Gasteiger partial charge in [0.1, 0.15) is 6.54 Å². The van der Waals surface area contributed by atoms with Crippen molar-refractivity contribution in [1.29, 1.82) is 0 Å². The molecule has 1 heterocycles. The van der Waals surface area contributed by atoms with E-state index in [1.54, 1.807) is 6.92 Å². The maximum atomic E-state index is 12.3. The second kappa shape index (κ2) is 6.36. The topological polar surface area (TPSA) is 43.1 Å². The van der Waals surface area contributed by atoms with Crippen LogP contribution < -0.4 is 5.73 Å². The number of hydrogen-bond donors (Lipinski definition) is 1. The van der Waals surface area contributed by atoms with Crippen molar-refractivity contribution in [3.05, 3.63) is 0 Å². The van der Waals surface area contributed by atoms with Crippen molar-refractivity contribution in [2.24, 2.45) is 17.6 Å². The van der Waals surface area contributed by atoms with Gasteiger partial charge in [0, 0.05) is 11.8 Å². The number of likely N-dealkylation sites (tertiary alicyclic amines) is 1. The Morgan fingerprint density at radius 2 is 2.00 bits per heavy atom. The molecule has 3 heteroatoms. The number of amides is 1. The van der Waals surface area contributed by atoms with Crippen LogP contribution in [0.25, 0.3) is 0 Å². The smallest absolute Gasteiger partial charge is 0.310 e. The highest BCUT2D eigenvalue weighted by molar-refractivity contribution is 5.65. The number of rotatable bonds is 5. The van der Waals surface area contributed by atoms with E-state index in [9.17, 15) is 4.79 Å². The predicted octanol–water partition coefficient (Wildman–Crippen LogP) is 2.69. The lowest BCUT2D eigenvalue weighted by Crippen LogP contribution is -2.64. The van der Waals surface area contributed by atoms with E-state index in [1.165, 1.54) is 38.5 Å². The maximum Gasteiger partial charge on any atom is 0.310 e. The van der Waals surface area contributed by atoms with Gasteiger partial charge in [-0.05, 0) is 25.7 Å². The van der Waals surface area contributed by atoms with Crippen molar-refractivity contribution >= 4 is 5.91 Å². The first-order chi connectivity index (χ1) is 9.05. The minimum Gasteiger partial charge on any atom is -0.323 e. The third-order valence-electron chi connectivity index (χ3n) is 5.29. The molecule has 0 aromatic carbocycles. The van der Waals surface area contributed by atoms with E-state index in [1.807, 2.05) is 0 Å². The molecule has 0 spiro atoms. The summed E-state index contributed by atoms with van der Waals surface area (Å²) in [5.74, 6) is 1.79. The van der Waals surface area contributed by atoms with Crippen LogP contribution in [0, 0.1) is 11.8 Å². The predicted molar refractivity (Wildman–Crippen MR) is 78.5 cm³/mol. The monoisotopic (exact) mass is 267 g/mol. The van der Waals surface area contributed by atoms with Gasteiger partial charge in [0.15, 0.2) is 0 Å². The van der Waals surface area contributed by atoms with Crippen molar-refractivity contribution in [3.8, 4) is 0 Å². The summed E-state index contributed by atoms with van der Waals surface area (Å²) >= 11 is 0. The van der Waals surface area contributed by atoms with Crippen LogP contribution in [0.1, 0.15) is 58.8 Å². The molecule has 2 aliphatic rings. The van der Waals surface area contributed by atoms with Gasteiger partial charge in [-0.1, -0.05) is 26.2 Å². The molecule has 3 unspecified atom stereocenters. The fourth-order valence-corrected chi connectivity index (χ4v) is 4.00. The lowest BCUT2D eigenvalue weighted by molar-refractivity contribution is -0.868. The second-order valence-corrected chi connectivity index (χ2v) is 7.01. The molecule has 0 aromatic heterocycles. The molecule has 1 aliphatic heterocycles. The van der Waals surface area contributed by atoms with Crippen LogP contribution in [-0.4, -0.2) is 36.1 Å². The number of nitrogens with zero attached hydrogens (tertiary/aromatic N) is 1. The van der Waals surface area contributed by atoms with E-state index in [-0.39, 0.29) is 6.04 Å². The van der Waals surface area contributed by atoms with E-state index in [0.717, 1.165) is 32.0 Å². The normalized spacial score (nSPS) is 35.9. The molecule has 19 heavy (non-hydrogen) atoms. The third-order valence-corrected chi connectivity index (χ3v) is 5.29. The van der Waals surface area contributed by atoms with E-state index in [0.29, 0.717) is 16.3 Å². The highest BCUT2D eigenvalue weighted by Crippen LogP contribution is 2.34. The highest BCUT2D eigenvalue weighted by Gasteiger charge is 2.44. The van der Waals surface area contributed by atoms with Crippen molar-refractivity contribution in [2.45, 2.75) is 64.8 Å². The van der Waals surface area contributed by atoms with Crippen LogP contribution in [0.5, 0.6) is 0 Å². The molecule has 0 bridgehead atoms. The van der Waals surface area contributed by atoms with Gasteiger partial charge in [-0.3, -0.25) is 4.48 Å². The quantitative estimate of drug-likeness (QED) is 0.778. The van der Waals surface area contributed by atoms with Crippen LogP contribution in [0.2, 0.25) is 0 Å². The van der Waals surface area contributed by atoms with E-state index < -0.39 is 0 Å². The van der Waals surface area contributed by atoms with Gasteiger partial charge >= 0.3 is 5.91 Å². The molecule has 0 radical (unpaired) electrons. The van der Waals surface area contributed by atoms with Gasteiger partial charge < -0.3 is 5.73 Å². The summed E-state index contributed by atoms with van der Waals surface area (Å²) in [5.41, 5.74) is 6.28. The molecule has 0 aromatic rings. The van der Waals surface area contributed by atoms with Crippen molar-refractivity contribution < 1.29 is 9.28 Å². The van der Waals surface area contributed by atoms with Crippen molar-refractivity contribution in [1.82, 2.24) is 0 Å². The van der Waals surface area contributed by atoms with Gasteiger partial charge in [-0.15, -0.1) is 0 Å². The summed E-state index contributed by atoms with van der Waals surface area (Å²) in [7, 11) is 0. The van der Waals surface area contributed by atoms with Crippen LogP contribution in [0.4, 0.5) is 0 Å². The number of nitrogens with two attached hydrogens (primary N) is 1. The molecule has 110 valence electrons. The lowest BCUT2D eigenvalue weighted by Gasteiger charge is -2.46. The second-order valence-electron chi connectivity index (χ2n) is 7.01. The molecule has 1 saturated carbocycles. The number of carbonyl (C=O) groups is 1. The molecule has 2 fully saturated rings. The number of unbranched alkanes of at least 4 members (excludes halogenated alkanes) is 1. The Hall–Kier alpha value is -0.410. The average molecular weight is 267 g/mol. The Labute approximate surface area is 118 Å². The van der Waals surface area contributed by atoms with Gasteiger partial charge in [0.25, 0.3) is 0 Å². The Kier molecular flexibility index (Phi) is 5.02. The summed E-state index contributed by atoms with van der Waals surface area (Å²) in [6, 6.07) is 0.222. The number of carbonyl (C=O) groups excluding carboxylic acids is 1. The number of hydrogen-bond acceptors (Lipinski definition) is 2. The lowest BCUT2D eigenvalue weighted by atomic mass is 9.81. The average Bonchev–Trinajstić information content (AvgIpc) is 2.30. The molecule has 1 aliphatic carbocycles. The Balaban J connectivity index is 2.04. The summed E-state index contributed by atoms with van der Waals surface area (Å²) in [5, 5.41) is 0. The largest absolute Gasteiger partial charge is 0.323 e. The first kappa shape index (κ1) is 15.0. The molecular formula is C16H31N2O+. The molecule has 3 nitrogen and oxygen atoms in total. The van der Waals surface area contributed by atoms with E-state index in [2.05, 4.69) is 6.92 Å². The van der Waals surface area contributed by atoms with E-state index in [4.69, 9.17) is 5.73 Å². The molecule has 1 saturated heterocycles. The Morgan fingerprint density at radius 1 is 1.26 bits per heavy atom. The molecule has 2 rings (SSSR count). The fraction of sp³-hybridized carbons (Fsp3) is 0.938. The van der Waals surface area contributed by atoms with Gasteiger partial charge in [0.2, 0.25) is 0 Å². The zero-order chi connectivity index (χ0) is 13.9. The number of piperidine rings is 1. The highest BCUT2D eigenvalue weighted by atomic mass is 16.2. The summed E-state index contributed by atoms with van der Waals surface area (Å²) in [4.78, 5) is 12.3. The Bertz CT molecular complexity index is 314.